The lowest BCUT2D eigenvalue weighted by molar-refractivity contribution is 0.513. The first-order valence-corrected chi connectivity index (χ1v) is 8.03. The van der Waals surface area contributed by atoms with E-state index in [2.05, 4.69) is 42.1 Å². The molecule has 1 N–H and O–H groups in total. The van der Waals surface area contributed by atoms with E-state index >= 15 is 0 Å². The number of rotatable bonds is 6. The van der Waals surface area contributed by atoms with Crippen LogP contribution in [0.4, 0.5) is 0 Å². The van der Waals surface area contributed by atoms with Gasteiger partial charge in [0.1, 0.15) is 0 Å². The molecule has 0 amide bonds. The highest BCUT2D eigenvalue weighted by atomic mass is 35.5. The van der Waals surface area contributed by atoms with Crippen molar-refractivity contribution in [3.63, 3.8) is 0 Å². The molecule has 0 bridgehead atoms. The van der Waals surface area contributed by atoms with E-state index in [0.717, 1.165) is 24.4 Å². The van der Waals surface area contributed by atoms with Crippen molar-refractivity contribution in [3.05, 3.63) is 56.7 Å². The van der Waals surface area contributed by atoms with Crippen LogP contribution in [0, 0.1) is 6.92 Å². The van der Waals surface area contributed by atoms with E-state index in [9.17, 15) is 0 Å². The van der Waals surface area contributed by atoms with Crippen molar-refractivity contribution >= 4 is 22.9 Å². The van der Waals surface area contributed by atoms with Crippen LogP contribution in [0.3, 0.4) is 0 Å². The Morgan fingerprint density at radius 3 is 2.79 bits per heavy atom. The predicted molar refractivity (Wildman–Crippen MR) is 85.2 cm³/mol. The zero-order valence-corrected chi connectivity index (χ0v) is 13.0. The summed E-state index contributed by atoms with van der Waals surface area (Å²) >= 11 is 7.81. The fourth-order valence-electron chi connectivity index (χ4n) is 2.39. The minimum atomic E-state index is 0.405. The molecule has 0 saturated carbocycles. The maximum Gasteiger partial charge on any atom is 0.0408 e. The Kier molecular flexibility index (Phi) is 5.44. The van der Waals surface area contributed by atoms with E-state index in [4.69, 9.17) is 11.6 Å². The molecular weight excluding hydrogens is 274 g/mol. The lowest BCUT2D eigenvalue weighted by Crippen LogP contribution is -2.22. The Bertz CT molecular complexity index is 507. The highest BCUT2D eigenvalue weighted by molar-refractivity contribution is 7.07. The van der Waals surface area contributed by atoms with Crippen LogP contribution < -0.4 is 5.32 Å². The van der Waals surface area contributed by atoms with Crippen molar-refractivity contribution in [1.82, 2.24) is 5.32 Å². The minimum absolute atomic E-state index is 0.405. The number of nitrogens with one attached hydrogen (secondary N) is 1. The lowest BCUT2D eigenvalue weighted by atomic mass is 9.96. The Hall–Kier alpha value is -0.830. The van der Waals surface area contributed by atoms with Gasteiger partial charge in [0.05, 0.1) is 0 Å². The number of benzene rings is 1. The normalized spacial score (nSPS) is 12.6. The second-order valence-electron chi connectivity index (χ2n) is 4.78. The fraction of sp³-hybridized carbons (Fsp3) is 0.375. The topological polar surface area (TPSA) is 12.0 Å². The summed E-state index contributed by atoms with van der Waals surface area (Å²) in [6, 6.07) is 8.80. The van der Waals surface area contributed by atoms with Crippen molar-refractivity contribution in [1.29, 1.82) is 0 Å². The number of hydrogen-bond acceptors (Lipinski definition) is 2. The molecule has 0 radical (unpaired) electrons. The Balaban J connectivity index is 2.10. The standard InChI is InChI=1S/C16H20ClNS/c1-3-18-16(7-4-13-8-9-19-11-13)15-6-5-14(17)10-12(15)2/h5-6,8-11,16,18H,3-4,7H2,1-2H3. The third-order valence-electron chi connectivity index (χ3n) is 3.36. The molecule has 1 heterocycles. The van der Waals surface area contributed by atoms with E-state index in [1.807, 2.05) is 12.1 Å². The second-order valence-corrected chi connectivity index (χ2v) is 6.00. The molecule has 19 heavy (non-hydrogen) atoms. The van der Waals surface area contributed by atoms with Gasteiger partial charge in [-0.2, -0.15) is 11.3 Å². The largest absolute Gasteiger partial charge is 0.310 e. The Morgan fingerprint density at radius 2 is 2.16 bits per heavy atom. The van der Waals surface area contributed by atoms with Crippen LogP contribution in [0.15, 0.2) is 35.0 Å². The molecule has 0 aliphatic rings. The molecule has 1 nitrogen and oxygen atoms in total. The summed E-state index contributed by atoms with van der Waals surface area (Å²) < 4.78 is 0. The van der Waals surface area contributed by atoms with Crippen molar-refractivity contribution in [2.24, 2.45) is 0 Å². The van der Waals surface area contributed by atoms with Crippen LogP contribution in [0.1, 0.15) is 36.1 Å². The highest BCUT2D eigenvalue weighted by Crippen LogP contribution is 2.25. The smallest absolute Gasteiger partial charge is 0.0408 e. The summed E-state index contributed by atoms with van der Waals surface area (Å²) in [4.78, 5) is 0. The molecule has 1 atom stereocenters. The van der Waals surface area contributed by atoms with Crippen LogP contribution in [-0.2, 0) is 6.42 Å². The highest BCUT2D eigenvalue weighted by Gasteiger charge is 2.13. The van der Waals surface area contributed by atoms with Gasteiger partial charge in [-0.1, -0.05) is 24.6 Å². The molecule has 2 rings (SSSR count). The predicted octanol–water partition coefficient (Wildman–Crippen LogP) is 4.99. The molecule has 1 aromatic heterocycles. The van der Waals surface area contributed by atoms with Gasteiger partial charge < -0.3 is 5.32 Å². The number of aryl methyl sites for hydroxylation is 2. The summed E-state index contributed by atoms with van der Waals surface area (Å²) in [5.41, 5.74) is 4.06. The van der Waals surface area contributed by atoms with Crippen molar-refractivity contribution < 1.29 is 0 Å². The summed E-state index contributed by atoms with van der Waals surface area (Å²) in [6.07, 6.45) is 2.23. The Morgan fingerprint density at radius 1 is 1.32 bits per heavy atom. The molecule has 0 fully saturated rings. The third-order valence-corrected chi connectivity index (χ3v) is 4.33. The number of hydrogen-bond donors (Lipinski definition) is 1. The average Bonchev–Trinajstić information content (AvgIpc) is 2.88. The molecular formula is C16H20ClNS. The molecule has 102 valence electrons. The van der Waals surface area contributed by atoms with Crippen LogP contribution in [0.5, 0.6) is 0 Å². The first-order valence-electron chi connectivity index (χ1n) is 6.71. The maximum atomic E-state index is 6.04. The molecule has 0 saturated heterocycles. The Labute approximate surface area is 124 Å². The van der Waals surface area contributed by atoms with Gasteiger partial charge in [0, 0.05) is 11.1 Å². The zero-order valence-electron chi connectivity index (χ0n) is 11.4. The van der Waals surface area contributed by atoms with Crippen LogP contribution in [-0.4, -0.2) is 6.54 Å². The van der Waals surface area contributed by atoms with Gasteiger partial charge in [-0.15, -0.1) is 0 Å². The lowest BCUT2D eigenvalue weighted by Gasteiger charge is -2.20. The van der Waals surface area contributed by atoms with Gasteiger partial charge in [0.2, 0.25) is 0 Å². The molecule has 0 spiro atoms. The summed E-state index contributed by atoms with van der Waals surface area (Å²) in [5, 5.41) is 8.77. The molecule has 1 unspecified atom stereocenters. The first-order chi connectivity index (χ1) is 9.20. The molecule has 1 aromatic carbocycles. The first kappa shape index (κ1) is 14.6. The van der Waals surface area contributed by atoms with E-state index in [1.54, 1.807) is 11.3 Å². The quantitative estimate of drug-likeness (QED) is 0.791. The summed E-state index contributed by atoms with van der Waals surface area (Å²) in [6.45, 7) is 5.27. The van der Waals surface area contributed by atoms with Crippen molar-refractivity contribution in [2.75, 3.05) is 6.54 Å². The summed E-state index contributed by atoms with van der Waals surface area (Å²) in [7, 11) is 0. The van der Waals surface area contributed by atoms with Gasteiger partial charge in [0.15, 0.2) is 0 Å². The van der Waals surface area contributed by atoms with Gasteiger partial charge in [-0.3, -0.25) is 0 Å². The van der Waals surface area contributed by atoms with Crippen LogP contribution in [0.2, 0.25) is 5.02 Å². The molecule has 0 aliphatic carbocycles. The fourth-order valence-corrected chi connectivity index (χ4v) is 3.32. The monoisotopic (exact) mass is 293 g/mol. The van der Waals surface area contributed by atoms with Gasteiger partial charge >= 0.3 is 0 Å². The maximum absolute atomic E-state index is 6.04. The molecule has 2 aromatic rings. The summed E-state index contributed by atoms with van der Waals surface area (Å²) in [5.74, 6) is 0. The van der Waals surface area contributed by atoms with Gasteiger partial charge in [0.25, 0.3) is 0 Å². The average molecular weight is 294 g/mol. The molecule has 0 aliphatic heterocycles. The van der Waals surface area contributed by atoms with E-state index in [1.165, 1.54) is 16.7 Å². The second kappa shape index (κ2) is 7.09. The number of halogens is 1. The molecule has 3 heteroatoms. The van der Waals surface area contributed by atoms with Crippen LogP contribution in [0.25, 0.3) is 0 Å². The SMILES string of the molecule is CCNC(CCc1ccsc1)c1ccc(Cl)cc1C. The van der Waals surface area contributed by atoms with Crippen molar-refractivity contribution in [3.8, 4) is 0 Å². The van der Waals surface area contributed by atoms with Gasteiger partial charge in [-0.25, -0.2) is 0 Å². The third kappa shape index (κ3) is 4.07. The zero-order chi connectivity index (χ0) is 13.7. The van der Waals surface area contributed by atoms with E-state index in [0.29, 0.717) is 6.04 Å². The van der Waals surface area contributed by atoms with E-state index in [-0.39, 0.29) is 0 Å². The number of thiophene rings is 1. The minimum Gasteiger partial charge on any atom is -0.310 e. The van der Waals surface area contributed by atoms with Crippen molar-refractivity contribution in [2.45, 2.75) is 32.7 Å². The van der Waals surface area contributed by atoms with E-state index < -0.39 is 0 Å². The van der Waals surface area contributed by atoms with Gasteiger partial charge in [-0.05, 0) is 72.0 Å². The van der Waals surface area contributed by atoms with Crippen LogP contribution >= 0.6 is 22.9 Å².